The fourth-order valence-electron chi connectivity index (χ4n) is 3.03. The predicted octanol–water partition coefficient (Wildman–Crippen LogP) is 2.36. The summed E-state index contributed by atoms with van der Waals surface area (Å²) in [5, 5.41) is 12.3. The summed E-state index contributed by atoms with van der Waals surface area (Å²) in [6.07, 6.45) is 1.74. The Hall–Kier alpha value is -1.59. The second-order valence-electron chi connectivity index (χ2n) is 6.19. The monoisotopic (exact) mass is 320 g/mol. The number of amides is 2. The fourth-order valence-corrected chi connectivity index (χ4v) is 3.03. The highest BCUT2D eigenvalue weighted by molar-refractivity contribution is 5.74. The largest absolute Gasteiger partial charge is 0.396 e. The average Bonchev–Trinajstić information content (AvgIpc) is 2.58. The molecule has 1 heterocycles. The zero-order valence-electron chi connectivity index (χ0n) is 14.1. The van der Waals surface area contributed by atoms with E-state index in [0.717, 1.165) is 12.0 Å². The van der Waals surface area contributed by atoms with Crippen LogP contribution < -0.4 is 5.32 Å². The highest BCUT2D eigenvalue weighted by Gasteiger charge is 2.27. The molecule has 0 aromatic heterocycles. The Morgan fingerprint density at radius 1 is 1.39 bits per heavy atom. The van der Waals surface area contributed by atoms with Gasteiger partial charge in [-0.3, -0.25) is 0 Å². The zero-order valence-corrected chi connectivity index (χ0v) is 14.1. The van der Waals surface area contributed by atoms with E-state index in [1.165, 1.54) is 0 Å². The van der Waals surface area contributed by atoms with Gasteiger partial charge in [-0.2, -0.15) is 0 Å². The molecule has 23 heavy (non-hydrogen) atoms. The van der Waals surface area contributed by atoms with Gasteiger partial charge in [0.15, 0.2) is 0 Å². The maximum absolute atomic E-state index is 12.4. The minimum absolute atomic E-state index is 0.0440. The van der Waals surface area contributed by atoms with E-state index in [0.29, 0.717) is 26.1 Å². The van der Waals surface area contributed by atoms with E-state index < -0.39 is 0 Å². The van der Waals surface area contributed by atoms with Crippen LogP contribution in [-0.2, 0) is 4.74 Å². The molecule has 0 spiro atoms. The number of aliphatic hydroxyl groups is 1. The summed E-state index contributed by atoms with van der Waals surface area (Å²) in [6.45, 7) is 5.99. The highest BCUT2D eigenvalue weighted by atomic mass is 16.5. The molecule has 1 aromatic rings. The van der Waals surface area contributed by atoms with Crippen molar-refractivity contribution in [1.82, 2.24) is 10.2 Å². The Labute approximate surface area is 138 Å². The van der Waals surface area contributed by atoms with Crippen molar-refractivity contribution < 1.29 is 14.6 Å². The Bertz CT molecular complexity index is 480. The van der Waals surface area contributed by atoms with Crippen LogP contribution in [-0.4, -0.2) is 54.5 Å². The first-order chi connectivity index (χ1) is 11.1. The van der Waals surface area contributed by atoms with Gasteiger partial charge < -0.3 is 20.1 Å². The predicted molar refractivity (Wildman–Crippen MR) is 90.5 cm³/mol. The van der Waals surface area contributed by atoms with E-state index in [4.69, 9.17) is 4.74 Å². The van der Waals surface area contributed by atoms with E-state index in [9.17, 15) is 9.90 Å². The Morgan fingerprint density at radius 2 is 2.13 bits per heavy atom. The number of hydrogen-bond donors (Lipinski definition) is 2. The average molecular weight is 320 g/mol. The lowest BCUT2D eigenvalue weighted by Crippen LogP contribution is -2.52. The number of nitrogens with zero attached hydrogens (tertiary/aromatic N) is 1. The molecule has 1 aliphatic heterocycles. The van der Waals surface area contributed by atoms with Crippen LogP contribution in [0.2, 0.25) is 0 Å². The number of carbonyl (C=O) groups is 1. The normalized spacial score (nSPS) is 22.7. The number of ether oxygens (including phenoxy) is 1. The number of morpholine rings is 1. The minimum atomic E-state index is -0.0440. The molecule has 2 N–H and O–H groups in total. The third kappa shape index (κ3) is 5.22. The number of rotatable bonds is 6. The van der Waals surface area contributed by atoms with Crippen LogP contribution in [0.3, 0.4) is 0 Å². The zero-order chi connectivity index (χ0) is 16.7. The SMILES string of the molecule is CCC1CN(C(=O)NCC(CCO)c2ccccc2)CC(C)O1. The molecule has 2 rings (SSSR count). The summed E-state index contributed by atoms with van der Waals surface area (Å²) in [5.41, 5.74) is 1.14. The summed E-state index contributed by atoms with van der Waals surface area (Å²) in [6, 6.07) is 9.97. The van der Waals surface area contributed by atoms with Crippen LogP contribution in [0.1, 0.15) is 38.2 Å². The number of hydrogen-bond acceptors (Lipinski definition) is 3. The maximum atomic E-state index is 12.4. The van der Waals surface area contributed by atoms with Gasteiger partial charge in [0.05, 0.1) is 12.2 Å². The third-order valence-electron chi connectivity index (χ3n) is 4.32. The van der Waals surface area contributed by atoms with E-state index in [1.807, 2.05) is 42.2 Å². The minimum Gasteiger partial charge on any atom is -0.396 e. The van der Waals surface area contributed by atoms with E-state index in [1.54, 1.807) is 0 Å². The lowest BCUT2D eigenvalue weighted by atomic mass is 9.96. The molecule has 5 heteroatoms. The fraction of sp³-hybridized carbons (Fsp3) is 0.611. The molecule has 0 radical (unpaired) electrons. The number of benzene rings is 1. The van der Waals surface area contributed by atoms with Crippen molar-refractivity contribution in [2.24, 2.45) is 0 Å². The number of aliphatic hydroxyl groups excluding tert-OH is 1. The van der Waals surface area contributed by atoms with Crippen molar-refractivity contribution in [2.75, 3.05) is 26.2 Å². The van der Waals surface area contributed by atoms with Crippen LogP contribution in [0, 0.1) is 0 Å². The molecule has 3 atom stereocenters. The summed E-state index contributed by atoms with van der Waals surface area (Å²) >= 11 is 0. The van der Waals surface area contributed by atoms with Crippen molar-refractivity contribution in [3.63, 3.8) is 0 Å². The third-order valence-corrected chi connectivity index (χ3v) is 4.32. The van der Waals surface area contributed by atoms with Gasteiger partial charge in [-0.1, -0.05) is 37.3 Å². The Balaban J connectivity index is 1.91. The molecule has 1 fully saturated rings. The molecule has 3 unspecified atom stereocenters. The molecule has 5 nitrogen and oxygen atoms in total. The Morgan fingerprint density at radius 3 is 2.78 bits per heavy atom. The molecule has 0 bridgehead atoms. The smallest absolute Gasteiger partial charge is 0.317 e. The number of carbonyl (C=O) groups excluding carboxylic acids is 1. The molecule has 1 aliphatic rings. The van der Waals surface area contributed by atoms with Gasteiger partial charge in [0.1, 0.15) is 0 Å². The van der Waals surface area contributed by atoms with Gasteiger partial charge in [0.2, 0.25) is 0 Å². The van der Waals surface area contributed by atoms with Crippen LogP contribution in [0.4, 0.5) is 4.79 Å². The van der Waals surface area contributed by atoms with Crippen molar-refractivity contribution in [3.05, 3.63) is 35.9 Å². The van der Waals surface area contributed by atoms with Crippen molar-refractivity contribution in [1.29, 1.82) is 0 Å². The molecular weight excluding hydrogens is 292 g/mol. The quantitative estimate of drug-likeness (QED) is 0.846. The molecule has 2 amide bonds. The van der Waals surface area contributed by atoms with E-state index in [-0.39, 0.29) is 30.8 Å². The highest BCUT2D eigenvalue weighted by Crippen LogP contribution is 2.19. The molecule has 128 valence electrons. The summed E-state index contributed by atoms with van der Waals surface area (Å²) < 4.78 is 5.79. The topological polar surface area (TPSA) is 61.8 Å². The molecule has 1 aromatic carbocycles. The van der Waals surface area contributed by atoms with Gasteiger partial charge in [-0.25, -0.2) is 4.79 Å². The molecule has 0 aliphatic carbocycles. The van der Waals surface area contributed by atoms with Crippen molar-refractivity contribution >= 4 is 6.03 Å². The lowest BCUT2D eigenvalue weighted by molar-refractivity contribution is -0.0646. The van der Waals surface area contributed by atoms with Gasteiger partial charge in [0.25, 0.3) is 0 Å². The first-order valence-electron chi connectivity index (χ1n) is 8.48. The number of nitrogens with one attached hydrogen (secondary N) is 1. The second-order valence-corrected chi connectivity index (χ2v) is 6.19. The van der Waals surface area contributed by atoms with Gasteiger partial charge >= 0.3 is 6.03 Å². The summed E-state index contributed by atoms with van der Waals surface area (Å²) in [7, 11) is 0. The number of urea groups is 1. The molecule has 0 saturated carbocycles. The summed E-state index contributed by atoms with van der Waals surface area (Å²) in [5.74, 6) is 0.130. The maximum Gasteiger partial charge on any atom is 0.317 e. The van der Waals surface area contributed by atoms with Crippen LogP contribution in [0.25, 0.3) is 0 Å². The first kappa shape index (κ1) is 17.8. The first-order valence-corrected chi connectivity index (χ1v) is 8.48. The van der Waals surface area contributed by atoms with Gasteiger partial charge in [0, 0.05) is 32.2 Å². The van der Waals surface area contributed by atoms with Crippen LogP contribution in [0.5, 0.6) is 0 Å². The standard InChI is InChI=1S/C18H28N2O3/c1-3-17-13-20(12-14(2)23-17)18(22)19-11-16(9-10-21)15-7-5-4-6-8-15/h4-8,14,16-17,21H,3,9-13H2,1-2H3,(H,19,22). The van der Waals surface area contributed by atoms with Crippen LogP contribution >= 0.6 is 0 Å². The van der Waals surface area contributed by atoms with E-state index in [2.05, 4.69) is 12.2 Å². The van der Waals surface area contributed by atoms with Crippen LogP contribution in [0.15, 0.2) is 30.3 Å². The molecule has 1 saturated heterocycles. The van der Waals surface area contributed by atoms with Crippen molar-refractivity contribution in [3.8, 4) is 0 Å². The van der Waals surface area contributed by atoms with Crippen molar-refractivity contribution in [2.45, 2.75) is 44.8 Å². The van der Waals surface area contributed by atoms with Gasteiger partial charge in [-0.05, 0) is 25.3 Å². The molecular formula is C18H28N2O3. The van der Waals surface area contributed by atoms with E-state index >= 15 is 0 Å². The second kappa shape index (κ2) is 8.89. The Kier molecular flexibility index (Phi) is 6.86. The lowest BCUT2D eigenvalue weighted by Gasteiger charge is -2.36. The summed E-state index contributed by atoms with van der Waals surface area (Å²) in [4.78, 5) is 14.3. The van der Waals surface area contributed by atoms with Gasteiger partial charge in [-0.15, -0.1) is 0 Å².